The fourth-order valence-electron chi connectivity index (χ4n) is 3.17. The van der Waals surface area contributed by atoms with E-state index in [-0.39, 0.29) is 17.3 Å². The van der Waals surface area contributed by atoms with Gasteiger partial charge in [0.15, 0.2) is 5.69 Å². The van der Waals surface area contributed by atoms with Crippen LogP contribution < -0.4 is 20.6 Å². The van der Waals surface area contributed by atoms with Crippen molar-refractivity contribution in [2.45, 2.75) is 20.3 Å². The molecule has 0 fully saturated rings. The van der Waals surface area contributed by atoms with Gasteiger partial charge in [-0.1, -0.05) is 24.3 Å². The van der Waals surface area contributed by atoms with Crippen LogP contribution in [0.1, 0.15) is 36.3 Å². The van der Waals surface area contributed by atoms with Gasteiger partial charge in [0.05, 0.1) is 19.4 Å². The Hall–Kier alpha value is -4.74. The highest BCUT2D eigenvalue weighted by atomic mass is 16.6. The van der Waals surface area contributed by atoms with E-state index in [1.165, 1.54) is 10.9 Å². The van der Waals surface area contributed by atoms with E-state index in [0.717, 1.165) is 17.7 Å². The molecule has 4 rings (SSSR count). The molecular formula is C23H24N8O4. The molecule has 12 heteroatoms. The van der Waals surface area contributed by atoms with Gasteiger partial charge in [-0.3, -0.25) is 4.79 Å². The van der Waals surface area contributed by atoms with Crippen LogP contribution in [0.4, 0.5) is 5.82 Å². The summed E-state index contributed by atoms with van der Waals surface area (Å²) in [5, 5.41) is 19.5. The van der Waals surface area contributed by atoms with Crippen molar-refractivity contribution in [2.24, 2.45) is 5.10 Å². The molecule has 35 heavy (non-hydrogen) atoms. The molecule has 180 valence electrons. The van der Waals surface area contributed by atoms with Gasteiger partial charge in [-0.25, -0.2) is 10.1 Å². The Bertz CT molecular complexity index is 1310. The zero-order valence-corrected chi connectivity index (χ0v) is 19.2. The van der Waals surface area contributed by atoms with Gasteiger partial charge in [-0.05, 0) is 65.6 Å². The molecule has 0 saturated carbocycles. The zero-order valence-electron chi connectivity index (χ0n) is 19.2. The number of carbonyl (C=O) groups excluding carboxylic acids is 1. The first kappa shape index (κ1) is 23.4. The Morgan fingerprint density at radius 2 is 1.97 bits per heavy atom. The maximum atomic E-state index is 13.0. The van der Waals surface area contributed by atoms with Crippen LogP contribution in [0.2, 0.25) is 0 Å². The normalized spacial score (nSPS) is 11.0. The third-order valence-corrected chi connectivity index (χ3v) is 4.73. The average Bonchev–Trinajstić information content (AvgIpc) is 3.50. The lowest BCUT2D eigenvalue weighted by Gasteiger charge is -2.08. The highest BCUT2D eigenvalue weighted by Crippen LogP contribution is 2.29. The summed E-state index contributed by atoms with van der Waals surface area (Å²) in [5.74, 6) is 0.892. The number of anilines is 1. The Morgan fingerprint density at radius 3 is 2.69 bits per heavy atom. The summed E-state index contributed by atoms with van der Waals surface area (Å²) >= 11 is 0. The fourth-order valence-corrected chi connectivity index (χ4v) is 3.17. The number of rotatable bonds is 10. The molecule has 2 aromatic heterocycles. The van der Waals surface area contributed by atoms with Crippen LogP contribution in [0.3, 0.4) is 0 Å². The molecule has 12 nitrogen and oxygen atoms in total. The van der Waals surface area contributed by atoms with Gasteiger partial charge in [-0.15, -0.1) is 5.10 Å². The number of hydrazone groups is 1. The van der Waals surface area contributed by atoms with Crippen molar-refractivity contribution in [1.29, 1.82) is 0 Å². The van der Waals surface area contributed by atoms with Crippen LogP contribution in [0.15, 0.2) is 58.3 Å². The molecule has 0 atom stereocenters. The van der Waals surface area contributed by atoms with E-state index < -0.39 is 5.91 Å². The number of nitrogens with one attached hydrogen (secondary N) is 1. The van der Waals surface area contributed by atoms with E-state index in [4.69, 9.17) is 19.8 Å². The first-order chi connectivity index (χ1) is 17.1. The molecule has 3 N–H and O–H groups in total. The van der Waals surface area contributed by atoms with E-state index in [0.29, 0.717) is 30.2 Å². The Morgan fingerprint density at radius 1 is 1.14 bits per heavy atom. The first-order valence-corrected chi connectivity index (χ1v) is 10.9. The van der Waals surface area contributed by atoms with E-state index in [1.54, 1.807) is 24.3 Å². The van der Waals surface area contributed by atoms with Crippen LogP contribution in [0.25, 0.3) is 17.1 Å². The van der Waals surface area contributed by atoms with Crippen LogP contribution in [0.5, 0.6) is 11.5 Å². The summed E-state index contributed by atoms with van der Waals surface area (Å²) < 4.78 is 17.1. The van der Waals surface area contributed by atoms with Crippen molar-refractivity contribution in [2.75, 3.05) is 18.9 Å². The number of aromatic nitrogens is 5. The minimum absolute atomic E-state index is 0.00140. The zero-order chi connectivity index (χ0) is 24.6. The highest BCUT2D eigenvalue weighted by Gasteiger charge is 2.25. The number of carbonyl (C=O) groups is 1. The molecule has 0 spiro atoms. The molecule has 0 aliphatic rings. The van der Waals surface area contributed by atoms with Crippen LogP contribution in [-0.4, -0.2) is 50.6 Å². The number of hydrogen-bond donors (Lipinski definition) is 2. The van der Waals surface area contributed by atoms with Crippen molar-refractivity contribution in [3.8, 4) is 28.6 Å². The van der Waals surface area contributed by atoms with Gasteiger partial charge in [0, 0.05) is 5.56 Å². The quantitative estimate of drug-likeness (QED) is 0.259. The number of hydrogen-bond acceptors (Lipinski definition) is 10. The minimum atomic E-state index is -0.581. The van der Waals surface area contributed by atoms with E-state index in [2.05, 4.69) is 31.2 Å². The Balaban J connectivity index is 1.60. The number of benzene rings is 2. The molecule has 0 aliphatic heterocycles. The molecule has 2 aromatic carbocycles. The predicted molar refractivity (Wildman–Crippen MR) is 128 cm³/mol. The predicted octanol–water partition coefficient (Wildman–Crippen LogP) is 2.85. The standard InChI is InChI=1S/C23H24N8O4/c1-3-12-34-17-10-8-15(9-11-17)14-25-27-23(32)19-20(16-6-5-7-18(13-16)33-4-2)31(30-26-19)22-21(24)28-35-29-22/h5-11,13-14H,3-4,12H2,1-2H3,(H2,24,28)(H,27,32)/b25-14+. The first-order valence-electron chi connectivity index (χ1n) is 10.9. The van der Waals surface area contributed by atoms with Gasteiger partial charge in [0.2, 0.25) is 11.6 Å². The Kier molecular flexibility index (Phi) is 7.31. The molecule has 2 heterocycles. The minimum Gasteiger partial charge on any atom is -0.494 e. The Labute approximate surface area is 200 Å². The highest BCUT2D eigenvalue weighted by molar-refractivity contribution is 5.99. The van der Waals surface area contributed by atoms with Crippen molar-refractivity contribution in [1.82, 2.24) is 30.7 Å². The molecule has 1 amide bonds. The largest absolute Gasteiger partial charge is 0.494 e. The van der Waals surface area contributed by atoms with Crippen LogP contribution in [0, 0.1) is 0 Å². The molecular weight excluding hydrogens is 452 g/mol. The summed E-state index contributed by atoms with van der Waals surface area (Å²) in [7, 11) is 0. The van der Waals surface area contributed by atoms with E-state index >= 15 is 0 Å². The van der Waals surface area contributed by atoms with Gasteiger partial charge in [0.1, 0.15) is 17.2 Å². The van der Waals surface area contributed by atoms with E-state index in [1.807, 2.05) is 38.1 Å². The molecule has 0 bridgehead atoms. The van der Waals surface area contributed by atoms with Crippen LogP contribution in [-0.2, 0) is 0 Å². The smallest absolute Gasteiger partial charge is 0.294 e. The lowest BCUT2D eigenvalue weighted by Crippen LogP contribution is -2.19. The lowest BCUT2D eigenvalue weighted by molar-refractivity contribution is 0.0950. The molecule has 0 radical (unpaired) electrons. The molecule has 0 unspecified atom stereocenters. The molecule has 0 saturated heterocycles. The topological polar surface area (TPSA) is 156 Å². The van der Waals surface area contributed by atoms with Gasteiger partial charge < -0.3 is 15.2 Å². The lowest BCUT2D eigenvalue weighted by atomic mass is 10.1. The van der Waals surface area contributed by atoms with Gasteiger partial charge >= 0.3 is 0 Å². The van der Waals surface area contributed by atoms with Crippen molar-refractivity contribution in [3.05, 3.63) is 59.8 Å². The second-order valence-corrected chi connectivity index (χ2v) is 7.25. The summed E-state index contributed by atoms with van der Waals surface area (Å²) in [5.41, 5.74) is 10.0. The van der Waals surface area contributed by atoms with Crippen molar-refractivity contribution < 1.29 is 18.9 Å². The fraction of sp³-hybridized carbons (Fsp3) is 0.217. The summed E-state index contributed by atoms with van der Waals surface area (Å²) in [4.78, 5) is 13.0. The summed E-state index contributed by atoms with van der Waals surface area (Å²) in [6.45, 7) is 5.05. The second-order valence-electron chi connectivity index (χ2n) is 7.25. The van der Waals surface area contributed by atoms with Gasteiger partial charge in [-0.2, -0.15) is 9.78 Å². The van der Waals surface area contributed by atoms with Crippen molar-refractivity contribution >= 4 is 17.9 Å². The number of amides is 1. The van der Waals surface area contributed by atoms with Gasteiger partial charge in [0.25, 0.3) is 5.91 Å². The summed E-state index contributed by atoms with van der Waals surface area (Å²) in [6.07, 6.45) is 2.44. The van der Waals surface area contributed by atoms with Crippen LogP contribution >= 0.6 is 0 Å². The third-order valence-electron chi connectivity index (χ3n) is 4.73. The monoisotopic (exact) mass is 476 g/mol. The summed E-state index contributed by atoms with van der Waals surface area (Å²) in [6, 6.07) is 14.5. The third kappa shape index (κ3) is 5.43. The molecule has 4 aromatic rings. The second kappa shape index (κ2) is 10.9. The SMILES string of the molecule is CCCOc1ccc(/C=N/NC(=O)c2nnn(-c3nonc3N)c2-c2cccc(OCC)c2)cc1. The number of nitrogens with zero attached hydrogens (tertiary/aromatic N) is 6. The maximum Gasteiger partial charge on any atom is 0.294 e. The molecule has 0 aliphatic carbocycles. The van der Waals surface area contributed by atoms with Crippen molar-refractivity contribution in [3.63, 3.8) is 0 Å². The number of ether oxygens (including phenoxy) is 2. The number of nitrogens with two attached hydrogens (primary N) is 1. The van der Waals surface area contributed by atoms with E-state index in [9.17, 15) is 4.79 Å². The number of nitrogen functional groups attached to an aromatic ring is 1. The maximum absolute atomic E-state index is 13.0. The average molecular weight is 476 g/mol.